The van der Waals surface area contributed by atoms with E-state index >= 15 is 0 Å². The fourth-order valence-electron chi connectivity index (χ4n) is 2.97. The van der Waals surface area contributed by atoms with Crippen LogP contribution in [0.2, 0.25) is 0 Å². The molecule has 4 rings (SSSR count). The van der Waals surface area contributed by atoms with Crippen LogP contribution >= 0.6 is 0 Å². The van der Waals surface area contributed by atoms with Gasteiger partial charge in [0.2, 0.25) is 0 Å². The highest BCUT2D eigenvalue weighted by molar-refractivity contribution is 7.92. The molecule has 1 saturated carbocycles. The van der Waals surface area contributed by atoms with Gasteiger partial charge in [-0.1, -0.05) is 6.07 Å². The van der Waals surface area contributed by atoms with E-state index in [9.17, 15) is 8.42 Å². The highest BCUT2D eigenvalue weighted by Crippen LogP contribution is 2.26. The van der Waals surface area contributed by atoms with Gasteiger partial charge >= 0.3 is 0 Å². The first kappa shape index (κ1) is 15.4. The third-order valence-corrected chi connectivity index (χ3v) is 5.82. The van der Waals surface area contributed by atoms with Crippen LogP contribution in [0.4, 0.5) is 11.6 Å². The number of hydrogen-bond donors (Lipinski definition) is 2. The molecule has 0 bridgehead atoms. The lowest BCUT2D eigenvalue weighted by atomic mass is 9.92. The van der Waals surface area contributed by atoms with Gasteiger partial charge in [-0.3, -0.25) is 4.72 Å². The van der Waals surface area contributed by atoms with Crippen molar-refractivity contribution in [1.29, 1.82) is 0 Å². The Hall–Kier alpha value is -2.15. The number of hydrogen-bond acceptors (Lipinski definition) is 5. The number of rotatable bonds is 5. The predicted molar refractivity (Wildman–Crippen MR) is 92.6 cm³/mol. The summed E-state index contributed by atoms with van der Waals surface area (Å²) >= 11 is 0. The minimum Gasteiger partial charge on any atom is -0.366 e. The van der Waals surface area contributed by atoms with Crippen LogP contribution in [0.15, 0.2) is 35.2 Å². The second-order valence-corrected chi connectivity index (χ2v) is 8.15. The van der Waals surface area contributed by atoms with Crippen LogP contribution in [0, 0.1) is 0 Å². The molecule has 7 heteroatoms. The molecule has 0 aliphatic heterocycles. The summed E-state index contributed by atoms with van der Waals surface area (Å²) in [4.78, 5) is 0.283. The fourth-order valence-corrected chi connectivity index (χ4v) is 4.02. The third kappa shape index (κ3) is 3.36. The van der Waals surface area contributed by atoms with Crippen LogP contribution in [0.25, 0.3) is 0 Å². The molecule has 2 aliphatic carbocycles. The molecule has 1 fully saturated rings. The number of anilines is 2. The quantitative estimate of drug-likeness (QED) is 0.871. The molecule has 2 aromatic rings. The van der Waals surface area contributed by atoms with Crippen LogP contribution in [-0.2, 0) is 22.9 Å². The molecule has 0 atom stereocenters. The summed E-state index contributed by atoms with van der Waals surface area (Å²) in [5.41, 5.74) is 2.40. The van der Waals surface area contributed by atoms with Crippen molar-refractivity contribution >= 4 is 21.7 Å². The number of sulfonamides is 1. The molecule has 1 heterocycles. The van der Waals surface area contributed by atoms with E-state index in [0.29, 0.717) is 11.9 Å². The molecule has 1 aromatic heterocycles. The van der Waals surface area contributed by atoms with E-state index in [2.05, 4.69) is 20.2 Å². The van der Waals surface area contributed by atoms with Gasteiger partial charge in [0.1, 0.15) is 5.82 Å². The maximum Gasteiger partial charge on any atom is 0.263 e. The van der Waals surface area contributed by atoms with E-state index in [1.807, 2.05) is 6.07 Å². The summed E-state index contributed by atoms with van der Waals surface area (Å²) in [6.07, 6.45) is 6.56. The zero-order chi connectivity index (χ0) is 16.6. The van der Waals surface area contributed by atoms with E-state index in [0.717, 1.165) is 37.7 Å². The lowest BCUT2D eigenvalue weighted by molar-refractivity contribution is 0.600. The van der Waals surface area contributed by atoms with Gasteiger partial charge in [0.25, 0.3) is 10.0 Å². The van der Waals surface area contributed by atoms with Crippen LogP contribution in [0.1, 0.15) is 36.8 Å². The Morgan fingerprint density at radius 1 is 0.917 bits per heavy atom. The van der Waals surface area contributed by atoms with Crippen molar-refractivity contribution in [2.45, 2.75) is 49.5 Å². The van der Waals surface area contributed by atoms with Crippen molar-refractivity contribution < 1.29 is 8.42 Å². The summed E-state index contributed by atoms with van der Waals surface area (Å²) in [5.74, 6) is 0.906. The molecular weight excluding hydrogens is 324 g/mol. The van der Waals surface area contributed by atoms with Gasteiger partial charge in [-0.2, -0.15) is 0 Å². The molecule has 24 heavy (non-hydrogen) atoms. The molecule has 0 amide bonds. The average Bonchev–Trinajstić information content (AvgIpc) is 3.40. The highest BCUT2D eigenvalue weighted by Gasteiger charge is 2.22. The summed E-state index contributed by atoms with van der Waals surface area (Å²) < 4.78 is 27.6. The largest absolute Gasteiger partial charge is 0.366 e. The number of aryl methyl sites for hydroxylation is 2. The monoisotopic (exact) mass is 344 g/mol. The van der Waals surface area contributed by atoms with Gasteiger partial charge in [0.05, 0.1) is 4.90 Å². The first-order chi connectivity index (χ1) is 11.6. The Balaban J connectivity index is 1.52. The molecule has 126 valence electrons. The van der Waals surface area contributed by atoms with Gasteiger partial charge in [0.15, 0.2) is 5.82 Å². The van der Waals surface area contributed by atoms with Crippen LogP contribution in [-0.4, -0.2) is 24.7 Å². The molecule has 2 aliphatic rings. The Labute approximate surface area is 141 Å². The third-order valence-electron chi connectivity index (χ3n) is 4.46. The van der Waals surface area contributed by atoms with Crippen molar-refractivity contribution in [2.75, 3.05) is 10.0 Å². The second-order valence-electron chi connectivity index (χ2n) is 6.47. The fraction of sp³-hybridized carbons (Fsp3) is 0.412. The van der Waals surface area contributed by atoms with E-state index in [4.69, 9.17) is 0 Å². The normalized spacial score (nSPS) is 17.2. The molecule has 0 radical (unpaired) electrons. The summed E-state index contributed by atoms with van der Waals surface area (Å²) in [6, 6.07) is 9.24. The number of aromatic nitrogens is 2. The second kappa shape index (κ2) is 6.05. The standard InChI is InChI=1S/C17H20N4O2S/c22-24(23,15-8-5-12-3-1-2-4-13(12)11-15)21-17-10-9-16(19-20-17)18-14-6-7-14/h5,8-11,14H,1-4,6-7H2,(H,18,19)(H,20,21). The van der Waals surface area contributed by atoms with Gasteiger partial charge in [-0.25, -0.2) is 8.42 Å². The summed E-state index contributed by atoms with van der Waals surface area (Å²) in [7, 11) is -3.64. The number of nitrogens with zero attached hydrogens (tertiary/aromatic N) is 2. The first-order valence-electron chi connectivity index (χ1n) is 8.35. The average molecular weight is 344 g/mol. The van der Waals surface area contributed by atoms with Crippen LogP contribution < -0.4 is 10.0 Å². The molecule has 2 N–H and O–H groups in total. The zero-order valence-corrected chi connectivity index (χ0v) is 14.1. The Morgan fingerprint density at radius 3 is 2.33 bits per heavy atom. The van der Waals surface area contributed by atoms with Gasteiger partial charge < -0.3 is 5.32 Å². The lowest BCUT2D eigenvalue weighted by Gasteiger charge is -2.16. The minimum atomic E-state index is -3.64. The molecule has 0 unspecified atom stereocenters. The van der Waals surface area contributed by atoms with Crippen molar-refractivity contribution in [1.82, 2.24) is 10.2 Å². The number of benzene rings is 1. The minimum absolute atomic E-state index is 0.231. The SMILES string of the molecule is O=S(=O)(Nc1ccc(NC2CC2)nn1)c1ccc2c(c1)CCCC2. The smallest absolute Gasteiger partial charge is 0.263 e. The van der Waals surface area contributed by atoms with E-state index < -0.39 is 10.0 Å². The van der Waals surface area contributed by atoms with E-state index in [1.165, 1.54) is 12.0 Å². The van der Waals surface area contributed by atoms with Crippen LogP contribution in [0.3, 0.4) is 0 Å². The van der Waals surface area contributed by atoms with Gasteiger partial charge in [-0.05, 0) is 73.9 Å². The lowest BCUT2D eigenvalue weighted by Crippen LogP contribution is -2.16. The van der Waals surface area contributed by atoms with Gasteiger partial charge in [0, 0.05) is 6.04 Å². The maximum absolute atomic E-state index is 12.6. The predicted octanol–water partition coefficient (Wildman–Crippen LogP) is 2.73. The Bertz CT molecular complexity index is 845. The van der Waals surface area contributed by atoms with Crippen molar-refractivity contribution in [3.8, 4) is 0 Å². The van der Waals surface area contributed by atoms with Gasteiger partial charge in [-0.15, -0.1) is 10.2 Å². The number of nitrogens with one attached hydrogen (secondary N) is 2. The highest BCUT2D eigenvalue weighted by atomic mass is 32.2. The number of fused-ring (bicyclic) bond motifs is 1. The van der Waals surface area contributed by atoms with Crippen LogP contribution in [0.5, 0.6) is 0 Å². The van der Waals surface area contributed by atoms with Crippen molar-refractivity contribution in [2.24, 2.45) is 0 Å². The molecular formula is C17H20N4O2S. The van der Waals surface area contributed by atoms with Crippen molar-refractivity contribution in [3.63, 3.8) is 0 Å². The Kier molecular flexibility index (Phi) is 3.88. The maximum atomic E-state index is 12.6. The summed E-state index contributed by atoms with van der Waals surface area (Å²) in [5, 5.41) is 11.2. The van der Waals surface area contributed by atoms with Crippen molar-refractivity contribution in [3.05, 3.63) is 41.5 Å². The topological polar surface area (TPSA) is 84.0 Å². The summed E-state index contributed by atoms with van der Waals surface area (Å²) in [6.45, 7) is 0. The zero-order valence-electron chi connectivity index (χ0n) is 13.3. The van der Waals surface area contributed by atoms with E-state index in [-0.39, 0.29) is 10.7 Å². The first-order valence-corrected chi connectivity index (χ1v) is 9.83. The van der Waals surface area contributed by atoms with E-state index in [1.54, 1.807) is 24.3 Å². The Morgan fingerprint density at radius 2 is 1.62 bits per heavy atom. The molecule has 6 nitrogen and oxygen atoms in total. The molecule has 1 aromatic carbocycles. The molecule has 0 saturated heterocycles. The molecule has 0 spiro atoms.